The van der Waals surface area contributed by atoms with Gasteiger partial charge in [0.1, 0.15) is 9.84 Å². The Balaban J connectivity index is 2.51. The zero-order valence-corrected chi connectivity index (χ0v) is 14.7. The molecule has 0 aromatic carbocycles. The number of aliphatic hydroxyl groups is 1. The van der Waals surface area contributed by atoms with Crippen molar-refractivity contribution in [1.29, 1.82) is 0 Å². The van der Waals surface area contributed by atoms with Crippen LogP contribution in [0.5, 0.6) is 0 Å². The van der Waals surface area contributed by atoms with E-state index in [-0.39, 0.29) is 11.8 Å². The molecular weight excluding hydrogens is 310 g/mol. The monoisotopic (exact) mass is 337 g/mol. The maximum Gasteiger partial charge on any atom is 0.191 e. The molecule has 124 valence electrons. The van der Waals surface area contributed by atoms with Crippen LogP contribution in [0.2, 0.25) is 0 Å². The van der Waals surface area contributed by atoms with E-state index in [1.165, 1.54) is 6.26 Å². The number of hydrogen-bond donors (Lipinski definition) is 3. The van der Waals surface area contributed by atoms with E-state index in [1.54, 1.807) is 11.8 Å². The van der Waals surface area contributed by atoms with E-state index < -0.39 is 15.4 Å². The maximum atomic E-state index is 11.2. The Hall–Kier alpha value is -0.470. The fourth-order valence-corrected chi connectivity index (χ4v) is 4.03. The molecule has 8 heteroatoms. The molecule has 2 atom stereocenters. The minimum Gasteiger partial charge on any atom is -0.387 e. The second-order valence-electron chi connectivity index (χ2n) is 5.69. The van der Waals surface area contributed by atoms with E-state index in [0.29, 0.717) is 18.9 Å². The smallest absolute Gasteiger partial charge is 0.191 e. The number of nitrogens with zero attached hydrogens (tertiary/aromatic N) is 1. The Bertz CT molecular complexity index is 446. The molecule has 2 unspecified atom stereocenters. The molecule has 0 aromatic heterocycles. The summed E-state index contributed by atoms with van der Waals surface area (Å²) in [7, 11) is -2.95. The number of sulfone groups is 1. The Morgan fingerprint density at radius 3 is 2.76 bits per heavy atom. The van der Waals surface area contributed by atoms with Crippen LogP contribution in [0.3, 0.4) is 0 Å². The minimum absolute atomic E-state index is 0.00474. The van der Waals surface area contributed by atoms with Gasteiger partial charge in [-0.1, -0.05) is 0 Å². The van der Waals surface area contributed by atoms with Crippen LogP contribution in [0.25, 0.3) is 0 Å². The Kier molecular flexibility index (Phi) is 7.29. The molecule has 6 nitrogen and oxygen atoms in total. The highest BCUT2D eigenvalue weighted by atomic mass is 32.2. The van der Waals surface area contributed by atoms with Crippen LogP contribution in [-0.2, 0) is 9.84 Å². The molecule has 0 bridgehead atoms. The van der Waals surface area contributed by atoms with Crippen LogP contribution in [-0.4, -0.2) is 67.7 Å². The Morgan fingerprint density at radius 1 is 1.52 bits per heavy atom. The van der Waals surface area contributed by atoms with Gasteiger partial charge < -0.3 is 15.7 Å². The molecule has 0 aliphatic carbocycles. The van der Waals surface area contributed by atoms with Gasteiger partial charge >= 0.3 is 0 Å². The number of hydrogen-bond acceptors (Lipinski definition) is 5. The number of thioether (sulfide) groups is 1. The number of guanidine groups is 1. The predicted molar refractivity (Wildman–Crippen MR) is 89.8 cm³/mol. The van der Waals surface area contributed by atoms with Crippen LogP contribution >= 0.6 is 11.8 Å². The molecule has 1 rings (SSSR count). The molecule has 1 aliphatic rings. The largest absolute Gasteiger partial charge is 0.387 e. The van der Waals surface area contributed by atoms with Crippen molar-refractivity contribution < 1.29 is 13.5 Å². The molecule has 0 saturated carbocycles. The fraction of sp³-hybridized carbons (Fsp3) is 0.923. The van der Waals surface area contributed by atoms with Crippen molar-refractivity contribution in [2.24, 2.45) is 4.99 Å². The molecule has 0 spiro atoms. The maximum absolute atomic E-state index is 11.2. The third-order valence-electron chi connectivity index (χ3n) is 3.26. The SMILES string of the molecule is CCNC(=NCC1(O)CCSC1)NC(C)CCS(C)(=O)=O. The topological polar surface area (TPSA) is 90.8 Å². The quantitative estimate of drug-likeness (QED) is 0.455. The molecule has 1 heterocycles. The zero-order valence-electron chi connectivity index (χ0n) is 13.1. The summed E-state index contributed by atoms with van der Waals surface area (Å²) in [6.07, 6.45) is 2.54. The van der Waals surface area contributed by atoms with E-state index in [9.17, 15) is 13.5 Å². The molecule has 1 aliphatic heterocycles. The van der Waals surface area contributed by atoms with E-state index >= 15 is 0 Å². The Labute approximate surface area is 132 Å². The van der Waals surface area contributed by atoms with Gasteiger partial charge in [0.2, 0.25) is 0 Å². The van der Waals surface area contributed by atoms with Crippen LogP contribution in [0.15, 0.2) is 4.99 Å². The van der Waals surface area contributed by atoms with Crippen LogP contribution in [0, 0.1) is 0 Å². The summed E-state index contributed by atoms with van der Waals surface area (Å²) < 4.78 is 22.4. The third kappa shape index (κ3) is 7.92. The molecule has 0 radical (unpaired) electrons. The minimum atomic E-state index is -2.95. The summed E-state index contributed by atoms with van der Waals surface area (Å²) in [6, 6.07) is 0.00474. The predicted octanol–water partition coefficient (Wildman–Crippen LogP) is 0.233. The van der Waals surface area contributed by atoms with Gasteiger partial charge in [-0.3, -0.25) is 4.99 Å². The second-order valence-corrected chi connectivity index (χ2v) is 9.05. The fourth-order valence-electron chi connectivity index (χ4n) is 1.96. The van der Waals surface area contributed by atoms with E-state index in [1.807, 2.05) is 13.8 Å². The van der Waals surface area contributed by atoms with Gasteiger partial charge in [0.25, 0.3) is 0 Å². The zero-order chi connectivity index (χ0) is 15.9. The number of aliphatic imine (C=N–C) groups is 1. The van der Waals surface area contributed by atoms with Gasteiger partial charge in [-0.2, -0.15) is 11.8 Å². The molecule has 21 heavy (non-hydrogen) atoms. The summed E-state index contributed by atoms with van der Waals surface area (Å²) >= 11 is 1.74. The van der Waals surface area contributed by atoms with Crippen molar-refractivity contribution in [1.82, 2.24) is 10.6 Å². The first-order chi connectivity index (χ1) is 9.74. The summed E-state index contributed by atoms with van der Waals surface area (Å²) in [5.41, 5.74) is -0.705. The Morgan fingerprint density at radius 2 is 2.24 bits per heavy atom. The van der Waals surface area contributed by atoms with Gasteiger partial charge in [0.05, 0.1) is 17.9 Å². The first kappa shape index (κ1) is 18.6. The van der Waals surface area contributed by atoms with Crippen molar-refractivity contribution in [3.8, 4) is 0 Å². The van der Waals surface area contributed by atoms with Crippen molar-refractivity contribution in [3.63, 3.8) is 0 Å². The average Bonchev–Trinajstić information content (AvgIpc) is 2.81. The molecule has 0 amide bonds. The summed E-state index contributed by atoms with van der Waals surface area (Å²) in [5.74, 6) is 2.48. The van der Waals surface area contributed by atoms with Crippen LogP contribution in [0.4, 0.5) is 0 Å². The first-order valence-corrected chi connectivity index (χ1v) is 10.5. The van der Waals surface area contributed by atoms with Gasteiger partial charge in [0.15, 0.2) is 5.96 Å². The highest BCUT2D eigenvalue weighted by molar-refractivity contribution is 7.99. The van der Waals surface area contributed by atoms with Crippen molar-refractivity contribution >= 4 is 27.6 Å². The highest BCUT2D eigenvalue weighted by Gasteiger charge is 2.31. The highest BCUT2D eigenvalue weighted by Crippen LogP contribution is 2.27. The summed E-state index contributed by atoms with van der Waals surface area (Å²) in [5, 5.41) is 16.6. The van der Waals surface area contributed by atoms with Crippen molar-refractivity contribution in [2.45, 2.75) is 38.3 Å². The van der Waals surface area contributed by atoms with Crippen LogP contribution < -0.4 is 10.6 Å². The first-order valence-electron chi connectivity index (χ1n) is 7.27. The van der Waals surface area contributed by atoms with E-state index in [2.05, 4.69) is 15.6 Å². The average molecular weight is 338 g/mol. The summed E-state index contributed by atoms with van der Waals surface area (Å²) in [6.45, 7) is 4.99. The molecule has 1 saturated heterocycles. The van der Waals surface area contributed by atoms with Crippen LogP contribution in [0.1, 0.15) is 26.7 Å². The third-order valence-corrected chi connectivity index (χ3v) is 5.47. The molecule has 1 fully saturated rings. The van der Waals surface area contributed by atoms with Crippen molar-refractivity contribution in [2.75, 3.05) is 36.6 Å². The van der Waals surface area contributed by atoms with Gasteiger partial charge in [-0.05, 0) is 32.4 Å². The lowest BCUT2D eigenvalue weighted by Crippen LogP contribution is -2.44. The van der Waals surface area contributed by atoms with Crippen molar-refractivity contribution in [3.05, 3.63) is 0 Å². The molecule has 3 N–H and O–H groups in total. The molecular formula is C13H27N3O3S2. The number of rotatable bonds is 7. The second kappa shape index (κ2) is 8.24. The van der Waals surface area contributed by atoms with Gasteiger partial charge in [-0.25, -0.2) is 8.42 Å². The lowest BCUT2D eigenvalue weighted by atomic mass is 10.1. The normalized spacial score (nSPS) is 24.9. The van der Waals surface area contributed by atoms with Gasteiger partial charge in [-0.15, -0.1) is 0 Å². The standard InChI is InChI=1S/C13H27N3O3S2/c1-4-14-12(15-9-13(17)6-7-20-10-13)16-11(2)5-8-21(3,18)19/h11,17H,4-10H2,1-3H3,(H2,14,15,16). The lowest BCUT2D eigenvalue weighted by Gasteiger charge is -2.21. The van der Waals surface area contributed by atoms with E-state index in [0.717, 1.165) is 24.5 Å². The number of nitrogens with one attached hydrogen (secondary N) is 2. The molecule has 0 aromatic rings. The summed E-state index contributed by atoms with van der Waals surface area (Å²) in [4.78, 5) is 4.43. The van der Waals surface area contributed by atoms with E-state index in [4.69, 9.17) is 0 Å². The lowest BCUT2D eigenvalue weighted by molar-refractivity contribution is 0.0778. The van der Waals surface area contributed by atoms with Gasteiger partial charge in [0, 0.05) is 24.6 Å².